The van der Waals surface area contributed by atoms with Crippen molar-refractivity contribution in [2.45, 2.75) is 89.8 Å². The molecule has 3 aliphatic carbocycles. The van der Waals surface area contributed by atoms with Crippen LogP contribution in [-0.4, -0.2) is 19.2 Å². The molecular formula is C36H42O4. The molecule has 3 saturated carbocycles. The predicted molar refractivity (Wildman–Crippen MR) is 159 cm³/mol. The fourth-order valence-electron chi connectivity index (χ4n) is 6.59. The molecule has 0 amide bonds. The number of carbonyl (C=O) groups excluding carboxylic acids is 1. The van der Waals surface area contributed by atoms with Crippen molar-refractivity contribution < 1.29 is 19.0 Å². The lowest BCUT2D eigenvalue weighted by Crippen LogP contribution is -2.16. The first-order chi connectivity index (χ1) is 19.4. The third-order valence-electron chi connectivity index (χ3n) is 9.22. The minimum atomic E-state index is -0.143. The quantitative estimate of drug-likeness (QED) is 0.229. The summed E-state index contributed by atoms with van der Waals surface area (Å²) >= 11 is 0. The molecule has 4 nitrogen and oxygen atoms in total. The zero-order chi connectivity index (χ0) is 27.7. The topological polar surface area (TPSA) is 44.8 Å². The van der Waals surface area contributed by atoms with Gasteiger partial charge in [0.15, 0.2) is 0 Å². The number of methoxy groups -OCH3 is 1. The highest BCUT2D eigenvalue weighted by Gasteiger charge is 2.37. The first kappa shape index (κ1) is 26.9. The maximum absolute atomic E-state index is 12.0. The van der Waals surface area contributed by atoms with Gasteiger partial charge < -0.3 is 14.2 Å². The Bertz CT molecular complexity index is 1350. The van der Waals surface area contributed by atoms with Gasteiger partial charge in [0.05, 0.1) is 19.6 Å². The lowest BCUT2D eigenvalue weighted by molar-refractivity contribution is -0.141. The van der Waals surface area contributed by atoms with E-state index < -0.39 is 0 Å². The van der Waals surface area contributed by atoms with Crippen LogP contribution in [0.2, 0.25) is 0 Å². The third-order valence-corrected chi connectivity index (χ3v) is 9.22. The smallest absolute Gasteiger partial charge is 0.306 e. The second kappa shape index (κ2) is 11.3. The third kappa shape index (κ3) is 6.22. The van der Waals surface area contributed by atoms with Gasteiger partial charge in [-0.1, -0.05) is 62.7 Å². The van der Waals surface area contributed by atoms with E-state index in [0.29, 0.717) is 31.0 Å². The van der Waals surface area contributed by atoms with Crippen molar-refractivity contribution in [2.75, 3.05) is 7.11 Å². The minimum absolute atomic E-state index is 0.143. The van der Waals surface area contributed by atoms with E-state index in [1.807, 2.05) is 12.1 Å². The molecular weight excluding hydrogens is 496 g/mol. The number of hydrogen-bond donors (Lipinski definition) is 0. The fraction of sp³-hybridized carbons (Fsp3) is 0.472. The van der Waals surface area contributed by atoms with Gasteiger partial charge in [0.25, 0.3) is 0 Å². The molecule has 1 unspecified atom stereocenters. The van der Waals surface area contributed by atoms with E-state index in [9.17, 15) is 4.79 Å². The Morgan fingerprint density at radius 3 is 2.45 bits per heavy atom. The Labute approximate surface area is 239 Å². The molecule has 0 aliphatic heterocycles. The molecule has 6 rings (SSSR count). The first-order valence-corrected chi connectivity index (χ1v) is 15.1. The van der Waals surface area contributed by atoms with Crippen molar-refractivity contribution in [2.24, 2.45) is 11.3 Å². The second-order valence-electron chi connectivity index (χ2n) is 12.8. The highest BCUT2D eigenvalue weighted by Crippen LogP contribution is 2.51. The average Bonchev–Trinajstić information content (AvgIpc) is 3.90. The molecule has 3 aliphatic rings. The minimum Gasteiger partial charge on any atom is -0.490 e. The van der Waals surface area contributed by atoms with Crippen LogP contribution >= 0.6 is 0 Å². The summed E-state index contributed by atoms with van der Waals surface area (Å²) < 4.78 is 17.5. The molecule has 0 radical (unpaired) electrons. The van der Waals surface area contributed by atoms with E-state index >= 15 is 0 Å². The number of carbonyl (C=O) groups is 1. The molecule has 0 spiro atoms. The van der Waals surface area contributed by atoms with Gasteiger partial charge in [-0.25, -0.2) is 0 Å². The van der Waals surface area contributed by atoms with Gasteiger partial charge in [0.2, 0.25) is 0 Å². The summed E-state index contributed by atoms with van der Waals surface area (Å²) in [4.78, 5) is 12.0. The van der Waals surface area contributed by atoms with Crippen LogP contribution in [0.1, 0.15) is 93.7 Å². The summed E-state index contributed by atoms with van der Waals surface area (Å²) in [6.07, 6.45) is 9.23. The molecule has 0 N–H and O–H groups in total. The van der Waals surface area contributed by atoms with Crippen molar-refractivity contribution in [3.63, 3.8) is 0 Å². The van der Waals surface area contributed by atoms with Crippen LogP contribution in [0.4, 0.5) is 0 Å². The van der Waals surface area contributed by atoms with Crippen LogP contribution in [0.15, 0.2) is 66.7 Å². The molecule has 210 valence electrons. The predicted octanol–water partition coefficient (Wildman–Crippen LogP) is 8.82. The van der Waals surface area contributed by atoms with Crippen molar-refractivity contribution in [3.8, 4) is 22.6 Å². The number of benzene rings is 3. The number of esters is 1. The maximum atomic E-state index is 12.0. The van der Waals surface area contributed by atoms with Crippen LogP contribution in [0.25, 0.3) is 11.1 Å². The van der Waals surface area contributed by atoms with Crippen molar-refractivity contribution in [3.05, 3.63) is 83.4 Å². The van der Waals surface area contributed by atoms with E-state index in [-0.39, 0.29) is 17.3 Å². The molecule has 0 bridgehead atoms. The highest BCUT2D eigenvalue weighted by atomic mass is 16.5. The average molecular weight is 539 g/mol. The fourth-order valence-corrected chi connectivity index (χ4v) is 6.59. The van der Waals surface area contributed by atoms with Crippen molar-refractivity contribution in [1.29, 1.82) is 0 Å². The SMILES string of the molecule is COC(=O)CC(c1cccc(OCc2ccc(-c3cccc(OC4CC4)c3)c([C@@H]3CCCC3(C)C)c2)c1)C1CC1. The Kier molecular flexibility index (Phi) is 7.61. The van der Waals surface area contributed by atoms with E-state index in [1.165, 1.54) is 67.0 Å². The van der Waals surface area contributed by atoms with Crippen LogP contribution in [0, 0.1) is 11.3 Å². The summed E-state index contributed by atoms with van der Waals surface area (Å²) in [5.74, 6) is 2.95. The number of rotatable bonds is 11. The van der Waals surface area contributed by atoms with Gasteiger partial charge in [-0.3, -0.25) is 4.79 Å². The maximum Gasteiger partial charge on any atom is 0.306 e. The largest absolute Gasteiger partial charge is 0.490 e. The Morgan fingerprint density at radius 1 is 0.925 bits per heavy atom. The van der Waals surface area contributed by atoms with Crippen LogP contribution in [-0.2, 0) is 16.1 Å². The van der Waals surface area contributed by atoms with E-state index in [2.05, 4.69) is 68.4 Å². The normalized spacial score (nSPS) is 20.6. The summed E-state index contributed by atoms with van der Waals surface area (Å²) in [6, 6.07) is 23.8. The molecule has 40 heavy (non-hydrogen) atoms. The van der Waals surface area contributed by atoms with E-state index in [4.69, 9.17) is 14.2 Å². The summed E-state index contributed by atoms with van der Waals surface area (Å²) in [6.45, 7) is 5.35. The van der Waals surface area contributed by atoms with Gasteiger partial charge in [-0.05, 0) is 114 Å². The summed E-state index contributed by atoms with van der Waals surface area (Å²) in [5.41, 5.74) is 6.58. The van der Waals surface area contributed by atoms with Crippen LogP contribution in [0.3, 0.4) is 0 Å². The van der Waals surface area contributed by atoms with E-state index in [1.54, 1.807) is 0 Å². The van der Waals surface area contributed by atoms with Gasteiger partial charge in [-0.15, -0.1) is 0 Å². The molecule has 3 aromatic carbocycles. The number of ether oxygens (including phenoxy) is 3. The highest BCUT2D eigenvalue weighted by molar-refractivity contribution is 5.71. The molecule has 0 aromatic heterocycles. The van der Waals surface area contributed by atoms with Gasteiger partial charge in [0, 0.05) is 0 Å². The lowest BCUT2D eigenvalue weighted by Gasteiger charge is -2.30. The van der Waals surface area contributed by atoms with Gasteiger partial charge in [0.1, 0.15) is 18.1 Å². The van der Waals surface area contributed by atoms with Crippen molar-refractivity contribution in [1.82, 2.24) is 0 Å². The van der Waals surface area contributed by atoms with Crippen LogP contribution < -0.4 is 9.47 Å². The Balaban J connectivity index is 1.24. The Hall–Kier alpha value is -3.27. The zero-order valence-corrected chi connectivity index (χ0v) is 24.2. The molecule has 4 heteroatoms. The zero-order valence-electron chi connectivity index (χ0n) is 24.2. The molecule has 0 heterocycles. The van der Waals surface area contributed by atoms with Gasteiger partial charge >= 0.3 is 5.97 Å². The molecule has 3 fully saturated rings. The lowest BCUT2D eigenvalue weighted by atomic mass is 9.75. The number of hydrogen-bond acceptors (Lipinski definition) is 4. The standard InChI is InChI=1S/C36H42O4/c1-36(2)18-6-11-34(36)33-19-24(12-17-31(33)26-7-5-10-30(21-26)40-28-15-16-28)23-39-29-9-4-8-27(20-29)32(25-13-14-25)22-35(37)38-3/h4-5,7-10,12,17,19-21,25,28,32,34H,6,11,13-16,18,22-23H2,1-3H3/t32?,34-/m0/s1. The first-order valence-electron chi connectivity index (χ1n) is 15.1. The molecule has 2 atom stereocenters. The second-order valence-corrected chi connectivity index (χ2v) is 12.8. The monoisotopic (exact) mass is 538 g/mol. The van der Waals surface area contributed by atoms with Gasteiger partial charge in [-0.2, -0.15) is 0 Å². The summed E-state index contributed by atoms with van der Waals surface area (Å²) in [7, 11) is 1.47. The van der Waals surface area contributed by atoms with Crippen molar-refractivity contribution >= 4 is 5.97 Å². The van der Waals surface area contributed by atoms with E-state index in [0.717, 1.165) is 24.3 Å². The summed E-state index contributed by atoms with van der Waals surface area (Å²) in [5, 5.41) is 0. The molecule has 3 aromatic rings. The molecule has 0 saturated heterocycles. The van der Waals surface area contributed by atoms with Crippen LogP contribution in [0.5, 0.6) is 11.5 Å². The Morgan fingerprint density at radius 2 is 1.73 bits per heavy atom.